The SMILES string of the molecule is CC.CCC1=CN(C)Cc2ccccc21.CN1C=C(Cn2ccnc2)c2ccccc2C1. The van der Waals surface area contributed by atoms with Crippen molar-refractivity contribution in [2.75, 3.05) is 14.1 Å². The first-order chi connectivity index (χ1) is 15.6. The van der Waals surface area contributed by atoms with Crippen molar-refractivity contribution in [3.8, 4) is 0 Å². The van der Waals surface area contributed by atoms with Crippen LogP contribution in [0.5, 0.6) is 0 Å². The molecule has 0 bridgehead atoms. The molecule has 0 amide bonds. The molecule has 0 N–H and O–H groups in total. The Bertz CT molecular complexity index is 1050. The molecule has 2 aromatic carbocycles. The Balaban J connectivity index is 0.000000173. The van der Waals surface area contributed by atoms with E-state index in [-0.39, 0.29) is 0 Å². The van der Waals surface area contributed by atoms with E-state index in [2.05, 4.69) is 101 Å². The zero-order valence-electron chi connectivity index (χ0n) is 20.1. The van der Waals surface area contributed by atoms with Crippen LogP contribution >= 0.6 is 0 Å². The van der Waals surface area contributed by atoms with Crippen molar-refractivity contribution in [3.63, 3.8) is 0 Å². The van der Waals surface area contributed by atoms with Crippen LogP contribution in [0.4, 0.5) is 0 Å². The molecule has 0 fully saturated rings. The van der Waals surface area contributed by atoms with E-state index in [0.29, 0.717) is 0 Å². The van der Waals surface area contributed by atoms with Crippen molar-refractivity contribution in [2.45, 2.75) is 46.8 Å². The van der Waals surface area contributed by atoms with Crippen LogP contribution < -0.4 is 0 Å². The number of allylic oxidation sites excluding steroid dienone is 2. The van der Waals surface area contributed by atoms with Crippen LogP contribution in [-0.2, 0) is 19.6 Å². The minimum Gasteiger partial charge on any atom is -0.376 e. The summed E-state index contributed by atoms with van der Waals surface area (Å²) in [6.45, 7) is 9.12. The van der Waals surface area contributed by atoms with Gasteiger partial charge in [0, 0.05) is 52.0 Å². The number of hydrogen-bond acceptors (Lipinski definition) is 3. The quantitative estimate of drug-likeness (QED) is 0.491. The third-order valence-corrected chi connectivity index (χ3v) is 5.61. The van der Waals surface area contributed by atoms with Crippen molar-refractivity contribution >= 4 is 11.1 Å². The van der Waals surface area contributed by atoms with Gasteiger partial charge < -0.3 is 14.4 Å². The molecule has 0 spiro atoms. The van der Waals surface area contributed by atoms with Gasteiger partial charge in [-0.05, 0) is 39.8 Å². The molecule has 0 saturated carbocycles. The molecule has 4 nitrogen and oxygen atoms in total. The van der Waals surface area contributed by atoms with Crippen LogP contribution in [-0.4, -0.2) is 33.4 Å². The van der Waals surface area contributed by atoms with Gasteiger partial charge in [0.2, 0.25) is 0 Å². The van der Waals surface area contributed by atoms with Gasteiger partial charge in [0.25, 0.3) is 0 Å². The number of aromatic nitrogens is 2. The molecule has 0 aliphatic carbocycles. The van der Waals surface area contributed by atoms with E-state index in [1.54, 1.807) is 0 Å². The van der Waals surface area contributed by atoms with Crippen molar-refractivity contribution in [3.05, 3.63) is 102 Å². The average molecular weight is 429 g/mol. The maximum atomic E-state index is 4.08. The Hall–Kier alpha value is -3.27. The molecule has 2 aliphatic heterocycles. The van der Waals surface area contributed by atoms with Gasteiger partial charge in [-0.1, -0.05) is 69.3 Å². The van der Waals surface area contributed by atoms with Crippen LogP contribution in [0.25, 0.3) is 11.1 Å². The highest BCUT2D eigenvalue weighted by atomic mass is 15.1. The lowest BCUT2D eigenvalue weighted by molar-refractivity contribution is 0.443. The van der Waals surface area contributed by atoms with E-state index in [1.165, 1.54) is 33.4 Å². The molecule has 5 rings (SSSR count). The van der Waals surface area contributed by atoms with Gasteiger partial charge >= 0.3 is 0 Å². The van der Waals surface area contributed by atoms with E-state index in [9.17, 15) is 0 Å². The normalized spacial score (nSPS) is 14.0. The second kappa shape index (κ2) is 11.4. The van der Waals surface area contributed by atoms with Crippen molar-refractivity contribution in [1.82, 2.24) is 19.4 Å². The smallest absolute Gasteiger partial charge is 0.0949 e. The van der Waals surface area contributed by atoms with Crippen LogP contribution in [0.15, 0.2) is 79.7 Å². The molecule has 0 radical (unpaired) electrons. The van der Waals surface area contributed by atoms with Crippen molar-refractivity contribution in [2.24, 2.45) is 0 Å². The van der Waals surface area contributed by atoms with Gasteiger partial charge in [-0.25, -0.2) is 4.98 Å². The van der Waals surface area contributed by atoms with Gasteiger partial charge in [-0.3, -0.25) is 0 Å². The third kappa shape index (κ3) is 5.70. The first kappa shape index (κ1) is 23.4. The molecule has 0 atom stereocenters. The number of rotatable bonds is 3. The zero-order valence-corrected chi connectivity index (χ0v) is 20.1. The monoisotopic (exact) mass is 428 g/mol. The molecular weight excluding hydrogens is 392 g/mol. The van der Waals surface area contributed by atoms with Crippen LogP contribution in [0, 0.1) is 0 Å². The van der Waals surface area contributed by atoms with Crippen molar-refractivity contribution in [1.29, 1.82) is 0 Å². The summed E-state index contributed by atoms with van der Waals surface area (Å²) in [6.07, 6.45) is 11.3. The van der Waals surface area contributed by atoms with Gasteiger partial charge in [-0.15, -0.1) is 0 Å². The predicted octanol–water partition coefficient (Wildman–Crippen LogP) is 6.28. The third-order valence-electron chi connectivity index (χ3n) is 5.61. The Morgan fingerprint density at radius 1 is 0.781 bits per heavy atom. The summed E-state index contributed by atoms with van der Waals surface area (Å²) in [6, 6.07) is 17.3. The summed E-state index contributed by atoms with van der Waals surface area (Å²) in [4.78, 5) is 8.57. The first-order valence-corrected chi connectivity index (χ1v) is 11.6. The maximum absolute atomic E-state index is 4.08. The average Bonchev–Trinajstić information content (AvgIpc) is 3.33. The summed E-state index contributed by atoms with van der Waals surface area (Å²) in [7, 11) is 4.25. The molecule has 1 aromatic heterocycles. The highest BCUT2D eigenvalue weighted by Crippen LogP contribution is 2.28. The van der Waals surface area contributed by atoms with E-state index in [0.717, 1.165) is 26.1 Å². The minimum absolute atomic E-state index is 0.876. The topological polar surface area (TPSA) is 24.3 Å². The fourth-order valence-electron chi connectivity index (χ4n) is 4.23. The highest BCUT2D eigenvalue weighted by molar-refractivity contribution is 5.70. The number of benzene rings is 2. The minimum atomic E-state index is 0.876. The molecule has 3 heterocycles. The maximum Gasteiger partial charge on any atom is 0.0949 e. The van der Waals surface area contributed by atoms with Gasteiger partial charge in [0.15, 0.2) is 0 Å². The number of hydrogen-bond donors (Lipinski definition) is 0. The lowest BCUT2D eigenvalue weighted by Crippen LogP contribution is -2.18. The largest absolute Gasteiger partial charge is 0.376 e. The van der Waals surface area contributed by atoms with Gasteiger partial charge in [0.05, 0.1) is 12.9 Å². The molecular formula is C28H36N4. The summed E-state index contributed by atoms with van der Waals surface area (Å²) in [5, 5.41) is 0. The lowest BCUT2D eigenvalue weighted by Gasteiger charge is -2.25. The molecule has 32 heavy (non-hydrogen) atoms. The molecule has 3 aromatic rings. The molecule has 168 valence electrons. The van der Waals surface area contributed by atoms with E-state index < -0.39 is 0 Å². The molecule has 2 aliphatic rings. The summed E-state index contributed by atoms with van der Waals surface area (Å²) >= 11 is 0. The van der Waals surface area contributed by atoms with E-state index in [1.807, 2.05) is 32.6 Å². The number of nitrogens with zero attached hydrogens (tertiary/aromatic N) is 4. The number of imidazole rings is 1. The standard InChI is InChI=1S/C14H15N3.C12H15N.C2H6/c1-16-8-12-4-2-3-5-14(12)13(9-16)10-17-7-6-15-11-17;1-3-10-8-13(2)9-11-6-4-5-7-12(10)11;1-2/h2-7,9,11H,8,10H2,1H3;4-8H,3,9H2,1-2H3;1-2H3. The van der Waals surface area contributed by atoms with E-state index in [4.69, 9.17) is 0 Å². The fraction of sp³-hybridized carbons (Fsp3) is 0.321. The second-order valence-corrected chi connectivity index (χ2v) is 8.04. The first-order valence-electron chi connectivity index (χ1n) is 11.6. The highest BCUT2D eigenvalue weighted by Gasteiger charge is 2.14. The molecule has 4 heteroatoms. The second-order valence-electron chi connectivity index (χ2n) is 8.04. The Kier molecular flexibility index (Phi) is 8.32. The predicted molar refractivity (Wildman–Crippen MR) is 136 cm³/mol. The summed E-state index contributed by atoms with van der Waals surface area (Å²) < 4.78 is 2.10. The van der Waals surface area contributed by atoms with E-state index >= 15 is 0 Å². The fourth-order valence-corrected chi connectivity index (χ4v) is 4.23. The molecule has 0 saturated heterocycles. The van der Waals surface area contributed by atoms with Gasteiger partial charge in [0.1, 0.15) is 0 Å². The Morgan fingerprint density at radius 3 is 1.84 bits per heavy atom. The zero-order chi connectivity index (χ0) is 22.9. The Labute approximate surface area is 193 Å². The Morgan fingerprint density at radius 2 is 1.31 bits per heavy atom. The van der Waals surface area contributed by atoms with Crippen LogP contribution in [0.3, 0.4) is 0 Å². The number of fused-ring (bicyclic) bond motifs is 2. The summed E-state index contributed by atoms with van der Waals surface area (Å²) in [5.74, 6) is 0. The molecule has 0 unspecified atom stereocenters. The summed E-state index contributed by atoms with van der Waals surface area (Å²) in [5.41, 5.74) is 8.43. The van der Waals surface area contributed by atoms with Gasteiger partial charge in [-0.2, -0.15) is 0 Å². The van der Waals surface area contributed by atoms with Crippen molar-refractivity contribution < 1.29 is 0 Å². The lowest BCUT2D eigenvalue weighted by atomic mass is 9.96. The van der Waals surface area contributed by atoms with Crippen LogP contribution in [0.2, 0.25) is 0 Å². The van der Waals surface area contributed by atoms with Crippen LogP contribution in [0.1, 0.15) is 49.4 Å².